The number of rotatable bonds is 2. The molecule has 1 N–H and O–H groups in total. The van der Waals surface area contributed by atoms with Gasteiger partial charge < -0.3 is 9.84 Å². The molecule has 5 heteroatoms. The molecule has 0 atom stereocenters. The van der Waals surface area contributed by atoms with Gasteiger partial charge in [0.15, 0.2) is 0 Å². The maximum atomic E-state index is 11.6. The number of aromatic nitrogens is 2. The topological polar surface area (TPSA) is 68.0 Å². The van der Waals surface area contributed by atoms with Gasteiger partial charge in [0.25, 0.3) is 11.7 Å². The smallest absolute Gasteiger partial charge is 0.292 e. The predicted octanol–water partition coefficient (Wildman–Crippen LogP) is 1.44. The van der Waals surface area contributed by atoms with Crippen LogP contribution in [-0.4, -0.2) is 22.1 Å². The Balaban J connectivity index is 1.91. The van der Waals surface area contributed by atoms with E-state index < -0.39 is 0 Å². The number of hydrogen-bond acceptors (Lipinski definition) is 4. The average molecular weight is 209 g/mol. The van der Waals surface area contributed by atoms with Crippen molar-refractivity contribution in [3.8, 4) is 0 Å². The first kappa shape index (κ1) is 10.1. The second kappa shape index (κ2) is 4.42. The second-order valence-electron chi connectivity index (χ2n) is 3.95. The summed E-state index contributed by atoms with van der Waals surface area (Å²) in [4.78, 5) is 15.5. The van der Waals surface area contributed by atoms with Crippen LogP contribution in [0.2, 0.25) is 0 Å². The van der Waals surface area contributed by atoms with Crippen LogP contribution in [-0.2, 0) is 0 Å². The number of hydrogen-bond donors (Lipinski definition) is 1. The van der Waals surface area contributed by atoms with Crippen molar-refractivity contribution in [3.63, 3.8) is 0 Å². The second-order valence-corrected chi connectivity index (χ2v) is 3.95. The summed E-state index contributed by atoms with van der Waals surface area (Å²) in [6, 6.07) is 0.282. The minimum atomic E-state index is -0.223. The Morgan fingerprint density at radius 3 is 2.73 bits per heavy atom. The van der Waals surface area contributed by atoms with E-state index in [1.54, 1.807) is 6.92 Å². The molecule has 1 aliphatic rings. The van der Waals surface area contributed by atoms with Gasteiger partial charge in [0.05, 0.1) is 0 Å². The highest BCUT2D eigenvalue weighted by atomic mass is 16.5. The Kier molecular flexibility index (Phi) is 2.99. The number of amides is 1. The molecule has 0 radical (unpaired) electrons. The zero-order valence-corrected chi connectivity index (χ0v) is 8.82. The number of aryl methyl sites for hydroxylation is 1. The van der Waals surface area contributed by atoms with Gasteiger partial charge in [0.1, 0.15) is 0 Å². The van der Waals surface area contributed by atoms with E-state index in [0.29, 0.717) is 5.89 Å². The zero-order chi connectivity index (χ0) is 10.7. The predicted molar refractivity (Wildman–Crippen MR) is 53.4 cm³/mol. The fourth-order valence-corrected chi connectivity index (χ4v) is 1.89. The molecule has 0 unspecified atom stereocenters. The SMILES string of the molecule is Cc1nc(C(=O)NC2CCCCC2)no1. The van der Waals surface area contributed by atoms with E-state index >= 15 is 0 Å². The van der Waals surface area contributed by atoms with Gasteiger partial charge in [-0.15, -0.1) is 0 Å². The Morgan fingerprint density at radius 2 is 2.13 bits per heavy atom. The summed E-state index contributed by atoms with van der Waals surface area (Å²) in [7, 11) is 0. The lowest BCUT2D eigenvalue weighted by molar-refractivity contribution is 0.0914. The third-order valence-corrected chi connectivity index (χ3v) is 2.67. The van der Waals surface area contributed by atoms with Crippen LogP contribution in [0.1, 0.15) is 48.6 Å². The van der Waals surface area contributed by atoms with Crippen LogP contribution in [0.5, 0.6) is 0 Å². The van der Waals surface area contributed by atoms with Gasteiger partial charge in [-0.1, -0.05) is 24.4 Å². The van der Waals surface area contributed by atoms with Crippen molar-refractivity contribution < 1.29 is 9.32 Å². The fraction of sp³-hybridized carbons (Fsp3) is 0.700. The van der Waals surface area contributed by atoms with E-state index in [1.807, 2.05) is 0 Å². The molecule has 0 saturated heterocycles. The summed E-state index contributed by atoms with van der Waals surface area (Å²) in [5.74, 6) is 0.334. The van der Waals surface area contributed by atoms with Crippen molar-refractivity contribution in [1.29, 1.82) is 0 Å². The van der Waals surface area contributed by atoms with E-state index in [0.717, 1.165) is 12.8 Å². The Bertz CT molecular complexity index is 342. The fourth-order valence-electron chi connectivity index (χ4n) is 1.89. The molecule has 0 spiro atoms. The lowest BCUT2D eigenvalue weighted by Gasteiger charge is -2.21. The molecule has 2 rings (SSSR count). The highest BCUT2D eigenvalue weighted by molar-refractivity contribution is 5.90. The van der Waals surface area contributed by atoms with E-state index in [2.05, 4.69) is 15.5 Å². The van der Waals surface area contributed by atoms with Crippen LogP contribution >= 0.6 is 0 Å². The third-order valence-electron chi connectivity index (χ3n) is 2.67. The Labute approximate surface area is 88.2 Å². The van der Waals surface area contributed by atoms with Crippen molar-refractivity contribution in [3.05, 3.63) is 11.7 Å². The normalized spacial score (nSPS) is 17.7. The molecular formula is C10H15N3O2. The van der Waals surface area contributed by atoms with Crippen LogP contribution in [0.4, 0.5) is 0 Å². The first-order valence-electron chi connectivity index (χ1n) is 5.37. The zero-order valence-electron chi connectivity index (χ0n) is 8.82. The van der Waals surface area contributed by atoms with Crippen molar-refractivity contribution in [2.24, 2.45) is 0 Å². The average Bonchev–Trinajstić information content (AvgIpc) is 2.66. The van der Waals surface area contributed by atoms with Gasteiger partial charge in [0.2, 0.25) is 5.89 Å². The van der Waals surface area contributed by atoms with E-state index in [-0.39, 0.29) is 17.8 Å². The molecule has 0 aliphatic heterocycles. The third kappa shape index (κ3) is 2.55. The van der Waals surface area contributed by atoms with Gasteiger partial charge in [-0.25, -0.2) is 0 Å². The quantitative estimate of drug-likeness (QED) is 0.800. The van der Waals surface area contributed by atoms with Gasteiger partial charge in [-0.3, -0.25) is 4.79 Å². The van der Waals surface area contributed by atoms with Gasteiger partial charge in [0, 0.05) is 13.0 Å². The first-order chi connectivity index (χ1) is 7.25. The van der Waals surface area contributed by atoms with Gasteiger partial charge in [-0.2, -0.15) is 4.98 Å². The van der Waals surface area contributed by atoms with E-state index in [1.165, 1.54) is 19.3 Å². The summed E-state index contributed by atoms with van der Waals surface area (Å²) in [6.07, 6.45) is 5.77. The Morgan fingerprint density at radius 1 is 1.40 bits per heavy atom. The lowest BCUT2D eigenvalue weighted by atomic mass is 9.95. The molecule has 1 fully saturated rings. The number of carbonyl (C=O) groups is 1. The minimum Gasteiger partial charge on any atom is -0.346 e. The molecule has 1 saturated carbocycles. The van der Waals surface area contributed by atoms with Crippen LogP contribution in [0.15, 0.2) is 4.52 Å². The maximum Gasteiger partial charge on any atom is 0.292 e. The molecule has 5 nitrogen and oxygen atoms in total. The van der Waals surface area contributed by atoms with Crippen LogP contribution in [0.3, 0.4) is 0 Å². The highest BCUT2D eigenvalue weighted by Crippen LogP contribution is 2.17. The van der Waals surface area contributed by atoms with Crippen molar-refractivity contribution in [1.82, 2.24) is 15.5 Å². The number of nitrogens with one attached hydrogen (secondary N) is 1. The lowest BCUT2D eigenvalue weighted by Crippen LogP contribution is -2.36. The standard InChI is InChI=1S/C10H15N3O2/c1-7-11-9(13-15-7)10(14)12-8-5-3-2-4-6-8/h8H,2-6H2,1H3,(H,12,14). The summed E-state index contributed by atoms with van der Waals surface area (Å²) in [5, 5.41) is 6.51. The van der Waals surface area contributed by atoms with Gasteiger partial charge >= 0.3 is 0 Å². The number of carbonyl (C=O) groups excluding carboxylic acids is 1. The van der Waals surface area contributed by atoms with E-state index in [9.17, 15) is 4.79 Å². The molecule has 1 amide bonds. The van der Waals surface area contributed by atoms with Crippen LogP contribution in [0, 0.1) is 6.92 Å². The van der Waals surface area contributed by atoms with Crippen molar-refractivity contribution >= 4 is 5.91 Å². The van der Waals surface area contributed by atoms with E-state index in [4.69, 9.17) is 4.52 Å². The van der Waals surface area contributed by atoms with Gasteiger partial charge in [-0.05, 0) is 12.8 Å². The highest BCUT2D eigenvalue weighted by Gasteiger charge is 2.19. The van der Waals surface area contributed by atoms with Crippen molar-refractivity contribution in [2.45, 2.75) is 45.1 Å². The monoisotopic (exact) mass is 209 g/mol. The summed E-state index contributed by atoms with van der Waals surface area (Å²) in [5.41, 5.74) is 0. The molecule has 1 heterocycles. The van der Waals surface area contributed by atoms with Crippen LogP contribution in [0.25, 0.3) is 0 Å². The molecule has 1 aromatic rings. The molecule has 1 aliphatic carbocycles. The molecule has 1 aromatic heterocycles. The maximum absolute atomic E-state index is 11.6. The summed E-state index contributed by atoms with van der Waals surface area (Å²) >= 11 is 0. The van der Waals surface area contributed by atoms with Crippen LogP contribution < -0.4 is 5.32 Å². The summed E-state index contributed by atoms with van der Waals surface area (Å²) < 4.78 is 4.75. The first-order valence-corrected chi connectivity index (χ1v) is 5.37. The molecule has 82 valence electrons. The summed E-state index contributed by atoms with van der Waals surface area (Å²) in [6.45, 7) is 1.67. The minimum absolute atomic E-state index is 0.137. The Hall–Kier alpha value is -1.39. The molecule has 0 aromatic carbocycles. The molecule has 0 bridgehead atoms. The number of nitrogens with zero attached hydrogens (tertiary/aromatic N) is 2. The molecule has 15 heavy (non-hydrogen) atoms. The molecular weight excluding hydrogens is 194 g/mol. The van der Waals surface area contributed by atoms with Crippen molar-refractivity contribution in [2.75, 3.05) is 0 Å². The largest absolute Gasteiger partial charge is 0.346 e.